The van der Waals surface area contributed by atoms with Crippen molar-refractivity contribution in [3.8, 4) is 11.5 Å². The van der Waals surface area contributed by atoms with Gasteiger partial charge in [-0.15, -0.1) is 0 Å². The summed E-state index contributed by atoms with van der Waals surface area (Å²) in [6, 6.07) is 25.4. The molecule has 2 nitrogen and oxygen atoms in total. The third-order valence-corrected chi connectivity index (χ3v) is 6.07. The zero-order valence-electron chi connectivity index (χ0n) is 14.8. The molecule has 27 heavy (non-hydrogen) atoms. The van der Waals surface area contributed by atoms with Gasteiger partial charge in [0.25, 0.3) is 0 Å². The standard InChI is InChI=1S/C24H20BrNO/c25-17-11-9-16(10-12-17)24-21-8-4-7-20(21)22-15-19(13-14-23(22)26-24)27-18-5-2-1-3-6-18/h1-7,9-15,20-21,24,26H,8H2/t20-,21+,24+/m1/s1. The number of benzene rings is 3. The molecule has 5 rings (SSSR count). The molecule has 2 aliphatic rings. The van der Waals surface area contributed by atoms with Crippen LogP contribution in [0.2, 0.25) is 0 Å². The lowest BCUT2D eigenvalue weighted by molar-refractivity contribution is 0.422. The van der Waals surface area contributed by atoms with Crippen molar-refractivity contribution in [1.82, 2.24) is 0 Å². The maximum atomic E-state index is 6.06. The van der Waals surface area contributed by atoms with Crippen LogP contribution in [0.25, 0.3) is 0 Å². The molecule has 0 amide bonds. The molecule has 0 aromatic heterocycles. The second-order valence-electron chi connectivity index (χ2n) is 7.19. The number of para-hydroxylation sites is 1. The lowest BCUT2D eigenvalue weighted by atomic mass is 9.77. The number of halogens is 1. The van der Waals surface area contributed by atoms with Crippen molar-refractivity contribution in [2.45, 2.75) is 18.4 Å². The molecule has 0 fully saturated rings. The van der Waals surface area contributed by atoms with Crippen LogP contribution in [0.15, 0.2) is 89.4 Å². The van der Waals surface area contributed by atoms with E-state index in [4.69, 9.17) is 4.74 Å². The normalized spacial score (nSPS) is 22.6. The predicted molar refractivity (Wildman–Crippen MR) is 113 cm³/mol. The summed E-state index contributed by atoms with van der Waals surface area (Å²) in [6.45, 7) is 0. The third kappa shape index (κ3) is 3.17. The Labute approximate surface area is 168 Å². The highest BCUT2D eigenvalue weighted by Gasteiger charge is 2.38. The summed E-state index contributed by atoms with van der Waals surface area (Å²) in [4.78, 5) is 0. The molecule has 0 saturated heterocycles. The Kier molecular flexibility index (Phi) is 4.25. The minimum absolute atomic E-state index is 0.325. The first-order valence-corrected chi connectivity index (χ1v) is 10.1. The molecular weight excluding hydrogens is 398 g/mol. The second-order valence-corrected chi connectivity index (χ2v) is 8.11. The van der Waals surface area contributed by atoms with Gasteiger partial charge in [0, 0.05) is 16.1 Å². The third-order valence-electron chi connectivity index (χ3n) is 5.54. The summed E-state index contributed by atoms with van der Waals surface area (Å²) >= 11 is 3.54. The molecule has 1 N–H and O–H groups in total. The molecule has 3 aromatic rings. The number of ether oxygens (including phenoxy) is 1. The fraction of sp³-hybridized carbons (Fsp3) is 0.167. The van der Waals surface area contributed by atoms with Gasteiger partial charge in [-0.2, -0.15) is 0 Å². The summed E-state index contributed by atoms with van der Waals surface area (Å²) in [5.74, 6) is 2.72. The topological polar surface area (TPSA) is 21.3 Å². The van der Waals surface area contributed by atoms with E-state index >= 15 is 0 Å². The van der Waals surface area contributed by atoms with Crippen molar-refractivity contribution in [3.05, 3.63) is 101 Å². The van der Waals surface area contributed by atoms with Crippen LogP contribution in [0.5, 0.6) is 11.5 Å². The van der Waals surface area contributed by atoms with Crippen molar-refractivity contribution < 1.29 is 4.74 Å². The molecule has 3 aromatic carbocycles. The molecule has 0 spiro atoms. The molecule has 134 valence electrons. The molecule has 0 saturated carbocycles. The van der Waals surface area contributed by atoms with Crippen LogP contribution < -0.4 is 10.1 Å². The maximum absolute atomic E-state index is 6.06. The monoisotopic (exact) mass is 417 g/mol. The molecule has 0 bridgehead atoms. The summed E-state index contributed by atoms with van der Waals surface area (Å²) in [6.07, 6.45) is 5.78. The fourth-order valence-corrected chi connectivity index (χ4v) is 4.53. The van der Waals surface area contributed by atoms with Crippen LogP contribution >= 0.6 is 15.9 Å². The van der Waals surface area contributed by atoms with Gasteiger partial charge in [-0.3, -0.25) is 0 Å². The zero-order valence-corrected chi connectivity index (χ0v) is 16.4. The number of hydrogen-bond acceptors (Lipinski definition) is 2. The second kappa shape index (κ2) is 6.90. The smallest absolute Gasteiger partial charge is 0.127 e. The van der Waals surface area contributed by atoms with Gasteiger partial charge in [-0.25, -0.2) is 0 Å². The number of rotatable bonds is 3. The molecular formula is C24H20BrNO. The van der Waals surface area contributed by atoms with Gasteiger partial charge in [-0.05, 0) is 65.9 Å². The van der Waals surface area contributed by atoms with Gasteiger partial charge in [0.1, 0.15) is 11.5 Å². The first-order chi connectivity index (χ1) is 13.3. The van der Waals surface area contributed by atoms with Crippen molar-refractivity contribution in [2.75, 3.05) is 5.32 Å². The van der Waals surface area contributed by atoms with Crippen molar-refractivity contribution in [1.29, 1.82) is 0 Å². The molecule has 0 radical (unpaired) electrons. The Balaban J connectivity index is 1.48. The number of allylic oxidation sites excluding steroid dienone is 2. The quantitative estimate of drug-likeness (QED) is 0.460. The molecule has 0 unspecified atom stereocenters. The Hall–Kier alpha value is -2.52. The highest BCUT2D eigenvalue weighted by Crippen LogP contribution is 2.50. The van der Waals surface area contributed by atoms with Gasteiger partial charge >= 0.3 is 0 Å². The first kappa shape index (κ1) is 16.6. The number of nitrogens with one attached hydrogen (secondary N) is 1. The SMILES string of the molecule is Brc1ccc([C@@H]2Nc3ccc(Oc4ccccc4)cc3[C@@H]3C=CC[C@@H]32)cc1. The van der Waals surface area contributed by atoms with Crippen LogP contribution in [0.4, 0.5) is 5.69 Å². The lowest BCUT2D eigenvalue weighted by Crippen LogP contribution is -2.29. The van der Waals surface area contributed by atoms with E-state index < -0.39 is 0 Å². The largest absolute Gasteiger partial charge is 0.457 e. The highest BCUT2D eigenvalue weighted by molar-refractivity contribution is 9.10. The van der Waals surface area contributed by atoms with E-state index in [1.807, 2.05) is 30.3 Å². The summed E-state index contributed by atoms with van der Waals surface area (Å²) in [5, 5.41) is 3.78. The minimum atomic E-state index is 0.325. The van der Waals surface area contributed by atoms with E-state index in [9.17, 15) is 0 Å². The van der Waals surface area contributed by atoms with E-state index in [1.165, 1.54) is 16.8 Å². The van der Waals surface area contributed by atoms with Gasteiger partial charge in [-0.1, -0.05) is 58.4 Å². The first-order valence-electron chi connectivity index (χ1n) is 9.33. The Morgan fingerprint density at radius 2 is 1.70 bits per heavy atom. The van der Waals surface area contributed by atoms with Gasteiger partial charge in [0.15, 0.2) is 0 Å². The molecule has 1 aliphatic carbocycles. The number of fused-ring (bicyclic) bond motifs is 3. The fourth-order valence-electron chi connectivity index (χ4n) is 4.26. The van der Waals surface area contributed by atoms with Crippen LogP contribution in [0.1, 0.15) is 29.5 Å². The van der Waals surface area contributed by atoms with Gasteiger partial charge in [0.05, 0.1) is 6.04 Å². The van der Waals surface area contributed by atoms with Crippen LogP contribution in [0, 0.1) is 5.92 Å². The van der Waals surface area contributed by atoms with Crippen LogP contribution in [-0.4, -0.2) is 0 Å². The predicted octanol–water partition coefficient (Wildman–Crippen LogP) is 7.07. The number of hydrogen-bond donors (Lipinski definition) is 1. The van der Waals surface area contributed by atoms with E-state index in [0.29, 0.717) is 17.9 Å². The van der Waals surface area contributed by atoms with Crippen molar-refractivity contribution in [2.24, 2.45) is 5.92 Å². The maximum Gasteiger partial charge on any atom is 0.127 e. The molecule has 3 heteroatoms. The molecule has 3 atom stereocenters. The number of anilines is 1. The van der Waals surface area contributed by atoms with Crippen LogP contribution in [0.3, 0.4) is 0 Å². The lowest BCUT2D eigenvalue weighted by Gasteiger charge is -2.37. The Morgan fingerprint density at radius 1 is 0.889 bits per heavy atom. The summed E-state index contributed by atoms with van der Waals surface area (Å²) in [5.41, 5.74) is 3.87. The Bertz CT molecular complexity index is 981. The highest BCUT2D eigenvalue weighted by atomic mass is 79.9. The average molecular weight is 418 g/mol. The summed E-state index contributed by atoms with van der Waals surface area (Å²) < 4.78 is 7.18. The summed E-state index contributed by atoms with van der Waals surface area (Å²) in [7, 11) is 0. The van der Waals surface area contributed by atoms with E-state index in [-0.39, 0.29) is 0 Å². The van der Waals surface area contributed by atoms with E-state index in [1.54, 1.807) is 0 Å². The van der Waals surface area contributed by atoms with E-state index in [0.717, 1.165) is 22.4 Å². The Morgan fingerprint density at radius 3 is 2.52 bits per heavy atom. The van der Waals surface area contributed by atoms with Crippen LogP contribution in [-0.2, 0) is 0 Å². The average Bonchev–Trinajstić information content (AvgIpc) is 3.19. The zero-order chi connectivity index (χ0) is 18.2. The van der Waals surface area contributed by atoms with Gasteiger partial charge in [0.2, 0.25) is 0 Å². The molecule has 1 heterocycles. The minimum Gasteiger partial charge on any atom is -0.457 e. The van der Waals surface area contributed by atoms with Crippen molar-refractivity contribution >= 4 is 21.6 Å². The molecule has 1 aliphatic heterocycles. The van der Waals surface area contributed by atoms with E-state index in [2.05, 4.69) is 75.9 Å². The van der Waals surface area contributed by atoms with Crippen molar-refractivity contribution in [3.63, 3.8) is 0 Å². The van der Waals surface area contributed by atoms with Gasteiger partial charge < -0.3 is 10.1 Å².